The first-order valence-corrected chi connectivity index (χ1v) is 7.46. The van der Waals surface area contributed by atoms with Crippen LogP contribution < -0.4 is 10.6 Å². The number of anilines is 2. The van der Waals surface area contributed by atoms with E-state index in [1.54, 1.807) is 62.4 Å². The number of rotatable bonds is 4. The first kappa shape index (κ1) is 16.8. The van der Waals surface area contributed by atoms with E-state index in [9.17, 15) is 9.59 Å². The summed E-state index contributed by atoms with van der Waals surface area (Å²) in [5.74, 6) is -0.394. The molecule has 0 heterocycles. The molecule has 0 spiro atoms. The van der Waals surface area contributed by atoms with E-state index >= 15 is 0 Å². The average Bonchev–Trinajstić information content (AvgIpc) is 2.47. The van der Waals surface area contributed by atoms with Crippen LogP contribution in [0, 0.1) is 0 Å². The van der Waals surface area contributed by atoms with E-state index < -0.39 is 12.0 Å². The van der Waals surface area contributed by atoms with Crippen LogP contribution in [0.4, 0.5) is 16.2 Å². The van der Waals surface area contributed by atoms with Gasteiger partial charge in [-0.2, -0.15) is 0 Å². The zero-order valence-electron chi connectivity index (χ0n) is 12.8. The van der Waals surface area contributed by atoms with Gasteiger partial charge in [0, 0.05) is 16.4 Å². The van der Waals surface area contributed by atoms with Crippen molar-refractivity contribution in [2.75, 3.05) is 10.6 Å². The summed E-state index contributed by atoms with van der Waals surface area (Å²) in [5.41, 5.74) is 1.58. The lowest BCUT2D eigenvalue weighted by molar-refractivity contribution is 0.0378. The van der Waals surface area contributed by atoms with Crippen molar-refractivity contribution in [3.05, 3.63) is 59.1 Å². The van der Waals surface area contributed by atoms with Crippen LogP contribution in [0.2, 0.25) is 5.02 Å². The minimum Gasteiger partial charge on any atom is -0.459 e. The Kier molecular flexibility index (Phi) is 5.60. The molecule has 2 rings (SSSR count). The summed E-state index contributed by atoms with van der Waals surface area (Å²) < 4.78 is 5.10. The number of carbonyl (C=O) groups is 2. The van der Waals surface area contributed by atoms with E-state index in [0.29, 0.717) is 22.0 Å². The van der Waals surface area contributed by atoms with E-state index in [4.69, 9.17) is 16.3 Å². The standard InChI is InChI=1S/C17H17ClN2O3/c1-11(2)23-16(21)12-6-8-14(9-7-12)19-17(22)20-15-5-3-4-13(18)10-15/h3-11H,1-2H3,(H2,19,20,22). The predicted molar refractivity (Wildman–Crippen MR) is 91.1 cm³/mol. The van der Waals surface area contributed by atoms with E-state index in [1.807, 2.05) is 0 Å². The molecule has 0 bridgehead atoms. The number of hydrogen-bond donors (Lipinski definition) is 2. The zero-order chi connectivity index (χ0) is 16.8. The van der Waals surface area contributed by atoms with Crippen molar-refractivity contribution in [2.45, 2.75) is 20.0 Å². The first-order chi connectivity index (χ1) is 10.9. The molecule has 0 atom stereocenters. The average molecular weight is 333 g/mol. The third-order valence-corrected chi connectivity index (χ3v) is 3.04. The van der Waals surface area contributed by atoms with Crippen LogP contribution in [0.25, 0.3) is 0 Å². The molecule has 0 saturated heterocycles. The number of amides is 2. The Morgan fingerprint density at radius 1 is 1.00 bits per heavy atom. The monoisotopic (exact) mass is 332 g/mol. The maximum absolute atomic E-state index is 11.9. The third-order valence-electron chi connectivity index (χ3n) is 2.80. The minimum atomic E-state index is -0.398. The van der Waals surface area contributed by atoms with Crippen LogP contribution in [0.3, 0.4) is 0 Å². The van der Waals surface area contributed by atoms with E-state index in [-0.39, 0.29) is 6.10 Å². The molecule has 23 heavy (non-hydrogen) atoms. The molecular formula is C17H17ClN2O3. The zero-order valence-corrected chi connectivity index (χ0v) is 13.6. The molecule has 5 nitrogen and oxygen atoms in total. The molecule has 2 aromatic carbocycles. The highest BCUT2D eigenvalue weighted by molar-refractivity contribution is 6.30. The Morgan fingerprint density at radius 2 is 1.65 bits per heavy atom. The van der Waals surface area contributed by atoms with Crippen molar-refractivity contribution in [3.8, 4) is 0 Å². The SMILES string of the molecule is CC(C)OC(=O)c1ccc(NC(=O)Nc2cccc(Cl)c2)cc1. The minimum absolute atomic E-state index is 0.177. The molecule has 120 valence electrons. The first-order valence-electron chi connectivity index (χ1n) is 7.08. The van der Waals surface area contributed by atoms with Gasteiger partial charge < -0.3 is 15.4 Å². The molecule has 0 aliphatic heterocycles. The highest BCUT2D eigenvalue weighted by atomic mass is 35.5. The summed E-state index contributed by atoms with van der Waals surface area (Å²) in [4.78, 5) is 23.6. The van der Waals surface area contributed by atoms with E-state index in [2.05, 4.69) is 10.6 Å². The highest BCUT2D eigenvalue weighted by Gasteiger charge is 2.09. The second-order valence-corrected chi connectivity index (χ2v) is 5.56. The van der Waals surface area contributed by atoms with Gasteiger partial charge in [0.15, 0.2) is 0 Å². The van der Waals surface area contributed by atoms with Crippen molar-refractivity contribution in [2.24, 2.45) is 0 Å². The molecule has 2 N–H and O–H groups in total. The van der Waals surface area contributed by atoms with Gasteiger partial charge in [-0.1, -0.05) is 17.7 Å². The van der Waals surface area contributed by atoms with Crippen LogP contribution in [-0.4, -0.2) is 18.1 Å². The molecule has 6 heteroatoms. The summed E-state index contributed by atoms with van der Waals surface area (Å²) >= 11 is 5.86. The van der Waals surface area contributed by atoms with Crippen molar-refractivity contribution >= 4 is 35.0 Å². The van der Waals surface area contributed by atoms with Gasteiger partial charge in [-0.3, -0.25) is 0 Å². The second-order valence-electron chi connectivity index (χ2n) is 5.12. The lowest BCUT2D eigenvalue weighted by atomic mass is 10.2. The van der Waals surface area contributed by atoms with Gasteiger partial charge in [-0.15, -0.1) is 0 Å². The number of benzene rings is 2. The molecule has 0 radical (unpaired) electrons. The Hall–Kier alpha value is -2.53. The summed E-state index contributed by atoms with van der Waals surface area (Å²) in [7, 11) is 0. The third kappa shape index (κ3) is 5.30. The van der Waals surface area contributed by atoms with Crippen LogP contribution >= 0.6 is 11.6 Å². The molecule has 2 amide bonds. The van der Waals surface area contributed by atoms with Gasteiger partial charge in [-0.25, -0.2) is 9.59 Å². The number of halogens is 1. The van der Waals surface area contributed by atoms with Gasteiger partial charge in [0.1, 0.15) is 0 Å². The van der Waals surface area contributed by atoms with Gasteiger partial charge in [0.05, 0.1) is 11.7 Å². The van der Waals surface area contributed by atoms with Crippen molar-refractivity contribution in [1.82, 2.24) is 0 Å². The highest BCUT2D eigenvalue weighted by Crippen LogP contribution is 2.16. The van der Waals surface area contributed by atoms with Crippen molar-refractivity contribution in [1.29, 1.82) is 0 Å². The van der Waals surface area contributed by atoms with Crippen molar-refractivity contribution < 1.29 is 14.3 Å². The van der Waals surface area contributed by atoms with Crippen LogP contribution in [-0.2, 0) is 4.74 Å². The Bertz CT molecular complexity index is 699. The molecule has 0 fully saturated rings. The molecule has 0 saturated carbocycles. The quantitative estimate of drug-likeness (QED) is 0.807. The summed E-state index contributed by atoms with van der Waals surface area (Å²) in [5, 5.41) is 5.88. The number of carbonyl (C=O) groups excluding carboxylic acids is 2. The Labute approximate surface area is 139 Å². The van der Waals surface area contributed by atoms with Crippen LogP contribution in [0.1, 0.15) is 24.2 Å². The van der Waals surface area contributed by atoms with Crippen molar-refractivity contribution in [3.63, 3.8) is 0 Å². The molecule has 0 aliphatic rings. The summed E-state index contributed by atoms with van der Waals surface area (Å²) in [6.07, 6.45) is -0.177. The molecule has 2 aromatic rings. The Morgan fingerprint density at radius 3 is 2.26 bits per heavy atom. The van der Waals surface area contributed by atoms with E-state index in [0.717, 1.165) is 0 Å². The Balaban J connectivity index is 1.95. The fourth-order valence-corrected chi connectivity index (χ4v) is 2.02. The second kappa shape index (κ2) is 7.65. The molecule has 0 unspecified atom stereocenters. The van der Waals surface area contributed by atoms with Gasteiger partial charge in [0.2, 0.25) is 0 Å². The smallest absolute Gasteiger partial charge is 0.338 e. The topological polar surface area (TPSA) is 67.4 Å². The largest absolute Gasteiger partial charge is 0.459 e. The maximum Gasteiger partial charge on any atom is 0.338 e. The summed E-state index contributed by atoms with van der Waals surface area (Å²) in [6, 6.07) is 12.9. The van der Waals surface area contributed by atoms with Gasteiger partial charge in [-0.05, 0) is 56.3 Å². The maximum atomic E-state index is 11.9. The lowest BCUT2D eigenvalue weighted by Gasteiger charge is -2.10. The number of hydrogen-bond acceptors (Lipinski definition) is 3. The lowest BCUT2D eigenvalue weighted by Crippen LogP contribution is -2.19. The molecule has 0 aromatic heterocycles. The fourth-order valence-electron chi connectivity index (χ4n) is 1.83. The number of esters is 1. The molecular weight excluding hydrogens is 316 g/mol. The fraction of sp³-hybridized carbons (Fsp3) is 0.176. The van der Waals surface area contributed by atoms with Crippen LogP contribution in [0.5, 0.6) is 0 Å². The van der Waals surface area contributed by atoms with Gasteiger partial charge in [0.25, 0.3) is 0 Å². The molecule has 0 aliphatic carbocycles. The van der Waals surface area contributed by atoms with E-state index in [1.165, 1.54) is 0 Å². The predicted octanol–water partition coefficient (Wildman–Crippen LogP) is 4.55. The summed E-state index contributed by atoms with van der Waals surface area (Å²) in [6.45, 7) is 3.57. The number of nitrogens with one attached hydrogen (secondary N) is 2. The number of urea groups is 1. The number of ether oxygens (including phenoxy) is 1. The van der Waals surface area contributed by atoms with Gasteiger partial charge >= 0.3 is 12.0 Å². The van der Waals surface area contributed by atoms with Crippen LogP contribution in [0.15, 0.2) is 48.5 Å². The normalized spacial score (nSPS) is 10.3.